The molecule has 0 spiro atoms. The van der Waals surface area contributed by atoms with Crippen LogP contribution in [0.5, 0.6) is 0 Å². The van der Waals surface area contributed by atoms with E-state index in [2.05, 4.69) is 20.2 Å². The molecule has 7 nitrogen and oxygen atoms in total. The average Bonchev–Trinajstić information content (AvgIpc) is 3.26. The van der Waals surface area contributed by atoms with Gasteiger partial charge in [-0.15, -0.1) is 0 Å². The molecule has 10 heteroatoms. The first-order valence-electron chi connectivity index (χ1n) is 12.3. The SMILES string of the molecule is CC.CN1CCN(c2ccc(Nc3nc(C(F)(F)c4cccc(N)c4)c4ccn(C)c4n3)cc2F)CC1. The highest BCUT2D eigenvalue weighted by Gasteiger charge is 2.38. The van der Waals surface area contributed by atoms with Crippen LogP contribution in [0.1, 0.15) is 25.1 Å². The normalized spacial score (nSPS) is 14.4. The van der Waals surface area contributed by atoms with E-state index < -0.39 is 17.4 Å². The van der Waals surface area contributed by atoms with Gasteiger partial charge in [0.1, 0.15) is 17.2 Å². The Morgan fingerprint density at radius 3 is 2.35 bits per heavy atom. The Kier molecular flexibility index (Phi) is 7.58. The maximum absolute atomic E-state index is 15.6. The van der Waals surface area contributed by atoms with E-state index in [1.54, 1.807) is 42.1 Å². The molecule has 1 aliphatic rings. The highest BCUT2D eigenvalue weighted by molar-refractivity contribution is 5.82. The van der Waals surface area contributed by atoms with Gasteiger partial charge in [0.25, 0.3) is 0 Å². The predicted molar refractivity (Wildman–Crippen MR) is 143 cm³/mol. The molecule has 37 heavy (non-hydrogen) atoms. The van der Waals surface area contributed by atoms with Gasteiger partial charge in [0.05, 0.1) is 5.69 Å². The van der Waals surface area contributed by atoms with E-state index >= 15 is 8.78 Å². The summed E-state index contributed by atoms with van der Waals surface area (Å²) in [5.41, 5.74) is 6.46. The number of aryl methyl sites for hydroxylation is 1. The number of hydrogen-bond acceptors (Lipinski definition) is 6. The van der Waals surface area contributed by atoms with E-state index in [-0.39, 0.29) is 22.6 Å². The molecule has 2 aromatic carbocycles. The smallest absolute Gasteiger partial charge is 0.315 e. The molecule has 2 aromatic heterocycles. The maximum atomic E-state index is 15.6. The Balaban J connectivity index is 0.00000156. The lowest BCUT2D eigenvalue weighted by Crippen LogP contribution is -2.44. The summed E-state index contributed by atoms with van der Waals surface area (Å²) in [7, 11) is 3.75. The lowest BCUT2D eigenvalue weighted by molar-refractivity contribution is 0.0399. The quantitative estimate of drug-likeness (QED) is 0.352. The Bertz CT molecular complexity index is 1380. The summed E-state index contributed by atoms with van der Waals surface area (Å²) in [6.45, 7) is 7.17. The van der Waals surface area contributed by atoms with Gasteiger partial charge in [-0.05, 0) is 43.4 Å². The Morgan fingerprint density at radius 2 is 1.68 bits per heavy atom. The minimum atomic E-state index is -3.43. The molecule has 1 aliphatic heterocycles. The van der Waals surface area contributed by atoms with Gasteiger partial charge in [-0.3, -0.25) is 0 Å². The van der Waals surface area contributed by atoms with Crippen molar-refractivity contribution in [1.29, 1.82) is 0 Å². The van der Waals surface area contributed by atoms with Crippen LogP contribution in [0, 0.1) is 5.82 Å². The number of piperazine rings is 1. The van der Waals surface area contributed by atoms with E-state index in [0.717, 1.165) is 26.2 Å². The second-order valence-corrected chi connectivity index (χ2v) is 8.84. The number of nitrogens with one attached hydrogen (secondary N) is 1. The van der Waals surface area contributed by atoms with Crippen molar-refractivity contribution in [1.82, 2.24) is 19.4 Å². The number of nitrogens with two attached hydrogens (primary N) is 1. The minimum absolute atomic E-state index is 0.0513. The molecular formula is C27H32F3N7. The number of aromatic nitrogens is 3. The molecule has 0 saturated carbocycles. The first kappa shape index (κ1) is 26.3. The lowest BCUT2D eigenvalue weighted by atomic mass is 10.0. The van der Waals surface area contributed by atoms with Gasteiger partial charge in [-0.25, -0.2) is 9.37 Å². The Hall–Kier alpha value is -3.79. The fraction of sp³-hybridized carbons (Fsp3) is 0.333. The second-order valence-electron chi connectivity index (χ2n) is 8.84. The summed E-state index contributed by atoms with van der Waals surface area (Å²) >= 11 is 0. The fourth-order valence-electron chi connectivity index (χ4n) is 4.32. The van der Waals surface area contributed by atoms with Crippen molar-refractivity contribution >= 4 is 34.0 Å². The summed E-state index contributed by atoms with van der Waals surface area (Å²) in [4.78, 5) is 12.8. The van der Waals surface area contributed by atoms with Crippen LogP contribution in [-0.2, 0) is 13.0 Å². The molecule has 0 unspecified atom stereocenters. The summed E-state index contributed by atoms with van der Waals surface area (Å²) < 4.78 is 47.8. The molecular weight excluding hydrogens is 479 g/mol. The third-order valence-corrected chi connectivity index (χ3v) is 6.32. The number of halogens is 3. The Labute approximate surface area is 214 Å². The summed E-state index contributed by atoms with van der Waals surface area (Å²) in [5.74, 6) is -3.88. The zero-order valence-corrected chi connectivity index (χ0v) is 21.5. The van der Waals surface area contributed by atoms with Crippen molar-refractivity contribution in [3.05, 3.63) is 71.8 Å². The number of rotatable bonds is 5. The number of nitrogen functional groups attached to an aromatic ring is 1. The molecule has 0 atom stereocenters. The predicted octanol–water partition coefficient (Wildman–Crippen LogP) is 5.35. The van der Waals surface area contributed by atoms with Crippen LogP contribution >= 0.6 is 0 Å². The number of benzene rings is 2. The van der Waals surface area contributed by atoms with Crippen molar-refractivity contribution < 1.29 is 13.2 Å². The number of likely N-dealkylation sites (N-methyl/N-ethyl adjacent to an activating group) is 1. The van der Waals surface area contributed by atoms with Gasteiger partial charge in [0.15, 0.2) is 0 Å². The van der Waals surface area contributed by atoms with Crippen molar-refractivity contribution in [2.45, 2.75) is 19.8 Å². The number of nitrogens with zero attached hydrogens (tertiary/aromatic N) is 5. The molecule has 0 bridgehead atoms. The van der Waals surface area contributed by atoms with Gasteiger partial charge in [0.2, 0.25) is 5.95 Å². The topological polar surface area (TPSA) is 75.2 Å². The standard InChI is InChI=1S/C25H26F3N7.C2H6/c1-33-10-12-35(13-11-33)21-7-6-18(15-20(21)26)30-24-31-22(19-8-9-34(2)23(19)32-24)25(27,28)16-4-3-5-17(29)14-16;1-2/h3-9,14-15H,10-13,29H2,1-2H3,(H,30,31,32);1-2H3. The number of fused-ring (bicyclic) bond motifs is 1. The van der Waals surface area contributed by atoms with Gasteiger partial charge >= 0.3 is 5.92 Å². The maximum Gasteiger partial charge on any atom is 0.315 e. The molecule has 3 heterocycles. The van der Waals surface area contributed by atoms with E-state index in [4.69, 9.17) is 5.73 Å². The molecule has 0 amide bonds. The lowest BCUT2D eigenvalue weighted by Gasteiger charge is -2.34. The molecule has 1 saturated heterocycles. The van der Waals surface area contributed by atoms with Crippen LogP contribution in [0.4, 0.5) is 36.2 Å². The molecule has 4 aromatic rings. The van der Waals surface area contributed by atoms with Gasteiger partial charge in [-0.1, -0.05) is 26.0 Å². The van der Waals surface area contributed by atoms with Crippen molar-refractivity contribution in [3.8, 4) is 0 Å². The van der Waals surface area contributed by atoms with E-state index in [9.17, 15) is 4.39 Å². The molecule has 1 fully saturated rings. The van der Waals surface area contributed by atoms with Crippen LogP contribution in [0.15, 0.2) is 54.7 Å². The fourth-order valence-corrected chi connectivity index (χ4v) is 4.32. The summed E-state index contributed by atoms with van der Waals surface area (Å²) in [5, 5.41) is 3.13. The first-order chi connectivity index (χ1) is 17.7. The number of hydrogen-bond donors (Lipinski definition) is 2. The molecule has 5 rings (SSSR count). The summed E-state index contributed by atoms with van der Waals surface area (Å²) in [6, 6.07) is 11.8. The first-order valence-corrected chi connectivity index (χ1v) is 12.3. The third-order valence-electron chi connectivity index (χ3n) is 6.32. The van der Waals surface area contributed by atoms with Crippen molar-refractivity contribution in [2.24, 2.45) is 7.05 Å². The van der Waals surface area contributed by atoms with Gasteiger partial charge in [-0.2, -0.15) is 13.8 Å². The van der Waals surface area contributed by atoms with Crippen molar-refractivity contribution in [3.63, 3.8) is 0 Å². The van der Waals surface area contributed by atoms with E-state index in [1.165, 1.54) is 24.3 Å². The monoisotopic (exact) mass is 511 g/mol. The molecule has 196 valence electrons. The van der Waals surface area contributed by atoms with Crippen LogP contribution in [0.25, 0.3) is 11.0 Å². The zero-order chi connectivity index (χ0) is 26.7. The zero-order valence-electron chi connectivity index (χ0n) is 21.5. The molecule has 0 radical (unpaired) electrons. The number of alkyl halides is 2. The van der Waals surface area contributed by atoms with Crippen LogP contribution in [0.3, 0.4) is 0 Å². The van der Waals surface area contributed by atoms with Crippen LogP contribution in [0.2, 0.25) is 0 Å². The minimum Gasteiger partial charge on any atom is -0.399 e. The van der Waals surface area contributed by atoms with E-state index in [1.807, 2.05) is 25.8 Å². The largest absolute Gasteiger partial charge is 0.399 e. The molecule has 3 N–H and O–H groups in total. The number of anilines is 4. The van der Waals surface area contributed by atoms with Gasteiger partial charge in [0, 0.05) is 61.7 Å². The highest BCUT2D eigenvalue weighted by Crippen LogP contribution is 2.39. The van der Waals surface area contributed by atoms with Crippen molar-refractivity contribution in [2.75, 3.05) is 49.2 Å². The van der Waals surface area contributed by atoms with Gasteiger partial charge < -0.3 is 25.4 Å². The second kappa shape index (κ2) is 10.7. The Morgan fingerprint density at radius 1 is 0.946 bits per heavy atom. The summed E-state index contributed by atoms with van der Waals surface area (Å²) in [6.07, 6.45) is 1.65. The third kappa shape index (κ3) is 5.34. The highest BCUT2D eigenvalue weighted by atomic mass is 19.3. The molecule has 0 aliphatic carbocycles. The van der Waals surface area contributed by atoms with Crippen LogP contribution < -0.4 is 16.0 Å². The average molecular weight is 512 g/mol. The van der Waals surface area contributed by atoms with Crippen LogP contribution in [-0.4, -0.2) is 52.7 Å². The van der Waals surface area contributed by atoms with E-state index in [0.29, 0.717) is 17.0 Å².